The van der Waals surface area contributed by atoms with Gasteiger partial charge in [-0.2, -0.15) is 0 Å². The molecule has 0 radical (unpaired) electrons. The molecular weight excluding hydrogens is 316 g/mol. The van der Waals surface area contributed by atoms with Gasteiger partial charge in [0.05, 0.1) is 17.9 Å². The Bertz CT molecular complexity index is 616. The largest absolute Gasteiger partial charge is 0.481 e. The molecule has 1 amide bonds. The number of hydrogen-bond donors (Lipinski definition) is 2. The predicted octanol–water partition coefficient (Wildman–Crippen LogP) is 2.42. The van der Waals surface area contributed by atoms with Gasteiger partial charge >= 0.3 is 5.97 Å². The van der Waals surface area contributed by atoms with Crippen LogP contribution in [0.15, 0.2) is 24.3 Å². The normalized spacial score (nSPS) is 23.4. The molecule has 0 bridgehead atoms. The molecule has 126 valence electrons. The van der Waals surface area contributed by atoms with E-state index in [1.165, 1.54) is 0 Å². The Morgan fingerprint density at radius 3 is 2.48 bits per heavy atom. The van der Waals surface area contributed by atoms with Crippen molar-refractivity contribution in [2.45, 2.75) is 19.9 Å². The number of aliphatic carboxylic acids is 1. The number of carbonyl (C=O) groups excluding carboxylic acids is 1. The van der Waals surface area contributed by atoms with Crippen molar-refractivity contribution in [1.29, 1.82) is 0 Å². The number of nitrogens with one attached hydrogen (secondary N) is 1. The van der Waals surface area contributed by atoms with Crippen molar-refractivity contribution in [2.24, 2.45) is 17.3 Å². The second-order valence-corrected chi connectivity index (χ2v) is 7.33. The van der Waals surface area contributed by atoms with Gasteiger partial charge in [0.25, 0.3) is 0 Å². The summed E-state index contributed by atoms with van der Waals surface area (Å²) in [7, 11) is 3.86. The number of carboxylic acids is 1. The number of halogens is 1. The number of nitrogens with zero attached hydrogens (tertiary/aromatic N) is 1. The summed E-state index contributed by atoms with van der Waals surface area (Å²) in [6.07, 6.45) is 0. The van der Waals surface area contributed by atoms with Gasteiger partial charge in [0.15, 0.2) is 0 Å². The fraction of sp³-hybridized carbons (Fsp3) is 0.529. The molecule has 0 aliphatic heterocycles. The number of amides is 1. The van der Waals surface area contributed by atoms with Gasteiger partial charge in [-0.1, -0.05) is 37.6 Å². The first kappa shape index (κ1) is 17.8. The molecule has 2 N–H and O–H groups in total. The van der Waals surface area contributed by atoms with Crippen LogP contribution >= 0.6 is 11.6 Å². The molecule has 0 aromatic heterocycles. The van der Waals surface area contributed by atoms with E-state index in [2.05, 4.69) is 5.32 Å². The van der Waals surface area contributed by atoms with Crippen molar-refractivity contribution in [1.82, 2.24) is 10.2 Å². The third kappa shape index (κ3) is 3.67. The van der Waals surface area contributed by atoms with Crippen LogP contribution in [0.1, 0.15) is 25.5 Å². The molecule has 1 saturated carbocycles. The molecule has 6 heteroatoms. The smallest absolute Gasteiger partial charge is 0.307 e. The van der Waals surface area contributed by atoms with Crippen molar-refractivity contribution < 1.29 is 14.7 Å². The zero-order valence-corrected chi connectivity index (χ0v) is 14.6. The van der Waals surface area contributed by atoms with Gasteiger partial charge in [-0.3, -0.25) is 9.59 Å². The Balaban J connectivity index is 2.03. The van der Waals surface area contributed by atoms with Crippen LogP contribution in [-0.2, 0) is 9.59 Å². The molecule has 0 saturated heterocycles. The second kappa shape index (κ2) is 6.49. The molecule has 1 fully saturated rings. The van der Waals surface area contributed by atoms with Crippen molar-refractivity contribution in [3.05, 3.63) is 34.9 Å². The Hall–Kier alpha value is -1.59. The molecule has 1 aromatic carbocycles. The molecule has 5 nitrogen and oxygen atoms in total. The van der Waals surface area contributed by atoms with Gasteiger partial charge < -0.3 is 15.3 Å². The van der Waals surface area contributed by atoms with E-state index in [4.69, 9.17) is 11.6 Å². The van der Waals surface area contributed by atoms with Crippen LogP contribution in [-0.4, -0.2) is 42.5 Å². The number of likely N-dealkylation sites (N-methyl/N-ethyl adjacent to an activating group) is 1. The van der Waals surface area contributed by atoms with Gasteiger partial charge in [0.1, 0.15) is 0 Å². The SMILES string of the molecule is CN(C)[C@H](CNC(=O)[C@H]1[C@@H](C(=O)O)C1(C)C)c1cccc(Cl)c1. The van der Waals surface area contributed by atoms with Crippen LogP contribution in [0.4, 0.5) is 0 Å². The highest BCUT2D eigenvalue weighted by Gasteiger charge is 2.65. The minimum Gasteiger partial charge on any atom is -0.481 e. The third-order valence-corrected chi connectivity index (χ3v) is 4.94. The molecule has 23 heavy (non-hydrogen) atoms. The van der Waals surface area contributed by atoms with Crippen LogP contribution in [0.25, 0.3) is 0 Å². The van der Waals surface area contributed by atoms with Crippen molar-refractivity contribution in [3.63, 3.8) is 0 Å². The van der Waals surface area contributed by atoms with Crippen LogP contribution < -0.4 is 5.32 Å². The summed E-state index contributed by atoms with van der Waals surface area (Å²) < 4.78 is 0. The average Bonchev–Trinajstić information content (AvgIpc) is 3.01. The summed E-state index contributed by atoms with van der Waals surface area (Å²) in [6, 6.07) is 7.49. The first-order valence-electron chi connectivity index (χ1n) is 7.58. The molecule has 0 spiro atoms. The molecule has 2 rings (SSSR count). The molecule has 0 heterocycles. The number of benzene rings is 1. The van der Waals surface area contributed by atoms with Crippen molar-refractivity contribution in [2.75, 3.05) is 20.6 Å². The molecule has 1 aliphatic rings. The van der Waals surface area contributed by atoms with Crippen LogP contribution in [0.5, 0.6) is 0 Å². The Labute approximate surface area is 141 Å². The van der Waals surface area contributed by atoms with E-state index < -0.39 is 23.2 Å². The van der Waals surface area contributed by atoms with E-state index in [1.54, 1.807) is 6.07 Å². The third-order valence-electron chi connectivity index (χ3n) is 4.70. The summed E-state index contributed by atoms with van der Waals surface area (Å²) in [6.45, 7) is 4.04. The standard InChI is InChI=1S/C17H23ClN2O3/c1-17(2)13(14(17)16(22)23)15(21)19-9-12(20(3)4)10-6-5-7-11(18)8-10/h5-8,12-14H,9H2,1-4H3,(H,19,21)(H,22,23)/t12-,13-,14+/m1/s1. The maximum absolute atomic E-state index is 12.3. The summed E-state index contributed by atoms with van der Waals surface area (Å²) in [5, 5.41) is 12.7. The minimum atomic E-state index is -0.908. The van der Waals surface area contributed by atoms with Gasteiger partial charge in [0.2, 0.25) is 5.91 Å². The van der Waals surface area contributed by atoms with Gasteiger partial charge in [-0.25, -0.2) is 0 Å². The highest BCUT2D eigenvalue weighted by atomic mass is 35.5. The highest BCUT2D eigenvalue weighted by Crippen LogP contribution is 2.58. The lowest BCUT2D eigenvalue weighted by atomic mass is 10.1. The maximum atomic E-state index is 12.3. The first-order valence-corrected chi connectivity index (χ1v) is 7.96. The van der Waals surface area contributed by atoms with Crippen molar-refractivity contribution >= 4 is 23.5 Å². The van der Waals surface area contributed by atoms with Gasteiger partial charge in [-0.15, -0.1) is 0 Å². The van der Waals surface area contributed by atoms with E-state index in [0.29, 0.717) is 11.6 Å². The average molecular weight is 339 g/mol. The monoisotopic (exact) mass is 338 g/mol. The summed E-state index contributed by atoms with van der Waals surface area (Å²) in [5.41, 5.74) is 0.521. The first-order chi connectivity index (χ1) is 10.7. The molecule has 3 atom stereocenters. The van der Waals surface area contributed by atoms with Gasteiger partial charge in [0, 0.05) is 11.6 Å². The minimum absolute atomic E-state index is 0.0252. The lowest BCUT2D eigenvalue weighted by molar-refractivity contribution is -0.140. The van der Waals surface area contributed by atoms with Crippen LogP contribution in [0.3, 0.4) is 0 Å². The molecular formula is C17H23ClN2O3. The number of carbonyl (C=O) groups is 2. The molecule has 1 aliphatic carbocycles. The predicted molar refractivity (Wildman–Crippen MR) is 89.3 cm³/mol. The van der Waals surface area contributed by atoms with Crippen LogP contribution in [0.2, 0.25) is 5.02 Å². The van der Waals surface area contributed by atoms with E-state index in [-0.39, 0.29) is 11.9 Å². The fourth-order valence-electron chi connectivity index (χ4n) is 3.21. The molecule has 0 unspecified atom stereocenters. The van der Waals surface area contributed by atoms with E-state index in [1.807, 2.05) is 51.0 Å². The highest BCUT2D eigenvalue weighted by molar-refractivity contribution is 6.30. The second-order valence-electron chi connectivity index (χ2n) is 6.89. The summed E-state index contributed by atoms with van der Waals surface area (Å²) in [4.78, 5) is 25.5. The number of hydrogen-bond acceptors (Lipinski definition) is 3. The zero-order valence-electron chi connectivity index (χ0n) is 13.8. The van der Waals surface area contributed by atoms with Gasteiger partial charge in [-0.05, 0) is 37.2 Å². The summed E-state index contributed by atoms with van der Waals surface area (Å²) in [5.74, 6) is -2.18. The zero-order chi connectivity index (χ0) is 17.4. The van der Waals surface area contributed by atoms with E-state index >= 15 is 0 Å². The number of rotatable bonds is 6. The Kier molecular flexibility index (Phi) is 5.01. The van der Waals surface area contributed by atoms with E-state index in [9.17, 15) is 14.7 Å². The lowest BCUT2D eigenvalue weighted by Gasteiger charge is -2.25. The summed E-state index contributed by atoms with van der Waals surface area (Å²) >= 11 is 6.04. The quantitative estimate of drug-likeness (QED) is 0.835. The molecule has 1 aromatic rings. The lowest BCUT2D eigenvalue weighted by Crippen LogP contribution is -2.36. The van der Waals surface area contributed by atoms with Crippen LogP contribution in [0, 0.1) is 17.3 Å². The maximum Gasteiger partial charge on any atom is 0.307 e. The van der Waals surface area contributed by atoms with Crippen molar-refractivity contribution in [3.8, 4) is 0 Å². The Morgan fingerprint density at radius 2 is 2.00 bits per heavy atom. The van der Waals surface area contributed by atoms with E-state index in [0.717, 1.165) is 5.56 Å². The topological polar surface area (TPSA) is 69.6 Å². The fourth-order valence-corrected chi connectivity index (χ4v) is 3.41. The number of carboxylic acid groups (broad SMARTS) is 1. The Morgan fingerprint density at radius 1 is 1.35 bits per heavy atom.